The number of aryl methyl sites for hydroxylation is 1. The van der Waals surface area contributed by atoms with Gasteiger partial charge in [0.1, 0.15) is 0 Å². The zero-order valence-electron chi connectivity index (χ0n) is 9.17. The van der Waals surface area contributed by atoms with Crippen LogP contribution in [0.25, 0.3) is 0 Å². The van der Waals surface area contributed by atoms with Crippen LogP contribution in [0.15, 0.2) is 24.3 Å². The van der Waals surface area contributed by atoms with E-state index in [2.05, 4.69) is 25.1 Å². The highest BCUT2D eigenvalue weighted by Crippen LogP contribution is 2.48. The number of rotatable bonds is 1. The predicted octanol–water partition coefficient (Wildman–Crippen LogP) is 3.58. The molecule has 0 heterocycles. The molecule has 1 fully saturated rings. The van der Waals surface area contributed by atoms with E-state index in [0.717, 1.165) is 12.8 Å². The molecule has 1 aliphatic carbocycles. The summed E-state index contributed by atoms with van der Waals surface area (Å²) in [5.74, 6) is 0. The first-order valence-corrected chi connectivity index (χ1v) is 5.26. The number of benzene rings is 1. The van der Waals surface area contributed by atoms with E-state index in [1.807, 2.05) is 26.0 Å². The molecule has 1 aromatic carbocycles. The Bertz CT molecular complexity index is 342. The molecular weight excluding hydrogens is 170 g/mol. The van der Waals surface area contributed by atoms with E-state index >= 15 is 0 Å². The first kappa shape index (κ1) is 10.8. The van der Waals surface area contributed by atoms with Crippen molar-refractivity contribution >= 4 is 0 Å². The number of nitriles is 1. The lowest BCUT2D eigenvalue weighted by atomic mass is 9.93. The Kier molecular flexibility index (Phi) is 3.30. The Morgan fingerprint density at radius 2 is 1.79 bits per heavy atom. The molecule has 0 N–H and O–H groups in total. The summed E-state index contributed by atoms with van der Waals surface area (Å²) in [5.41, 5.74) is 2.36. The third-order valence-corrected chi connectivity index (χ3v) is 2.62. The normalized spacial score (nSPS) is 16.1. The molecule has 1 heteroatoms. The average molecular weight is 187 g/mol. The van der Waals surface area contributed by atoms with Gasteiger partial charge in [-0.15, -0.1) is 0 Å². The van der Waals surface area contributed by atoms with Gasteiger partial charge in [-0.2, -0.15) is 5.26 Å². The van der Waals surface area contributed by atoms with Crippen LogP contribution in [0.3, 0.4) is 0 Å². The highest BCUT2D eigenvalue weighted by Gasteiger charge is 2.45. The van der Waals surface area contributed by atoms with E-state index in [0.29, 0.717) is 0 Å². The SMILES string of the molecule is CC.Cc1ccccc1C1(C#N)CC1. The molecule has 0 spiro atoms. The van der Waals surface area contributed by atoms with E-state index in [1.165, 1.54) is 11.1 Å². The second-order valence-electron chi connectivity index (χ2n) is 3.51. The van der Waals surface area contributed by atoms with Crippen molar-refractivity contribution in [3.05, 3.63) is 35.4 Å². The molecule has 0 unspecified atom stereocenters. The van der Waals surface area contributed by atoms with Crippen LogP contribution in [-0.2, 0) is 5.41 Å². The monoisotopic (exact) mass is 187 g/mol. The van der Waals surface area contributed by atoms with Crippen LogP contribution in [0.2, 0.25) is 0 Å². The molecule has 0 amide bonds. The van der Waals surface area contributed by atoms with Gasteiger partial charge in [-0.25, -0.2) is 0 Å². The maximum absolute atomic E-state index is 8.98. The van der Waals surface area contributed by atoms with Crippen LogP contribution in [-0.4, -0.2) is 0 Å². The summed E-state index contributed by atoms with van der Waals surface area (Å²) in [6, 6.07) is 10.6. The van der Waals surface area contributed by atoms with Crippen molar-refractivity contribution in [1.82, 2.24) is 0 Å². The van der Waals surface area contributed by atoms with Gasteiger partial charge in [0.2, 0.25) is 0 Å². The van der Waals surface area contributed by atoms with Crippen molar-refractivity contribution in [3.8, 4) is 6.07 Å². The van der Waals surface area contributed by atoms with E-state index in [4.69, 9.17) is 5.26 Å². The molecule has 0 aromatic heterocycles. The summed E-state index contributed by atoms with van der Waals surface area (Å²) in [7, 11) is 0. The Morgan fingerprint density at radius 3 is 2.21 bits per heavy atom. The largest absolute Gasteiger partial charge is 0.197 e. The highest BCUT2D eigenvalue weighted by atomic mass is 14.5. The van der Waals surface area contributed by atoms with Crippen molar-refractivity contribution in [2.24, 2.45) is 0 Å². The van der Waals surface area contributed by atoms with Gasteiger partial charge in [-0.1, -0.05) is 38.1 Å². The Labute approximate surface area is 86.4 Å². The fourth-order valence-corrected chi connectivity index (χ4v) is 1.68. The maximum Gasteiger partial charge on any atom is 0.0826 e. The van der Waals surface area contributed by atoms with Crippen LogP contribution in [0.1, 0.15) is 37.8 Å². The molecule has 1 aliphatic rings. The fourth-order valence-electron chi connectivity index (χ4n) is 1.68. The zero-order chi connectivity index (χ0) is 10.6. The van der Waals surface area contributed by atoms with Crippen molar-refractivity contribution < 1.29 is 0 Å². The van der Waals surface area contributed by atoms with Crippen molar-refractivity contribution in [2.75, 3.05) is 0 Å². The molecule has 1 saturated carbocycles. The number of hydrogen-bond donors (Lipinski definition) is 0. The average Bonchev–Trinajstić information content (AvgIpc) is 3.02. The third kappa shape index (κ3) is 1.80. The van der Waals surface area contributed by atoms with Crippen LogP contribution >= 0.6 is 0 Å². The van der Waals surface area contributed by atoms with Gasteiger partial charge in [0.25, 0.3) is 0 Å². The van der Waals surface area contributed by atoms with Crippen LogP contribution in [0.4, 0.5) is 0 Å². The quantitative estimate of drug-likeness (QED) is 0.659. The van der Waals surface area contributed by atoms with Gasteiger partial charge < -0.3 is 0 Å². The molecule has 0 radical (unpaired) electrons. The minimum Gasteiger partial charge on any atom is -0.197 e. The molecule has 1 nitrogen and oxygen atoms in total. The van der Waals surface area contributed by atoms with E-state index in [-0.39, 0.29) is 5.41 Å². The molecule has 0 saturated heterocycles. The lowest BCUT2D eigenvalue weighted by molar-refractivity contribution is 0.895. The van der Waals surface area contributed by atoms with Gasteiger partial charge in [0, 0.05) is 0 Å². The summed E-state index contributed by atoms with van der Waals surface area (Å²) >= 11 is 0. The molecule has 14 heavy (non-hydrogen) atoms. The van der Waals surface area contributed by atoms with Gasteiger partial charge in [-0.05, 0) is 30.9 Å². The van der Waals surface area contributed by atoms with Gasteiger partial charge in [-0.3, -0.25) is 0 Å². The van der Waals surface area contributed by atoms with Gasteiger partial charge in [0.05, 0.1) is 11.5 Å². The van der Waals surface area contributed by atoms with Crippen molar-refractivity contribution in [3.63, 3.8) is 0 Å². The van der Waals surface area contributed by atoms with Gasteiger partial charge >= 0.3 is 0 Å². The third-order valence-electron chi connectivity index (χ3n) is 2.62. The Balaban J connectivity index is 0.000000461. The maximum atomic E-state index is 8.98. The first-order chi connectivity index (χ1) is 6.78. The Hall–Kier alpha value is -1.29. The standard InChI is InChI=1S/C11H11N.C2H6/c1-9-4-2-3-5-10(9)11(8-12)6-7-11;1-2/h2-5H,6-7H2,1H3;1-2H3. The molecule has 74 valence electrons. The minimum absolute atomic E-state index is 0.120. The molecule has 1 aromatic rings. The second kappa shape index (κ2) is 4.28. The lowest BCUT2D eigenvalue weighted by Gasteiger charge is -2.08. The van der Waals surface area contributed by atoms with E-state index in [1.54, 1.807) is 0 Å². The second-order valence-corrected chi connectivity index (χ2v) is 3.51. The summed E-state index contributed by atoms with van der Waals surface area (Å²) in [6.07, 6.45) is 2.07. The van der Waals surface area contributed by atoms with Crippen molar-refractivity contribution in [1.29, 1.82) is 5.26 Å². The van der Waals surface area contributed by atoms with Crippen molar-refractivity contribution in [2.45, 2.75) is 39.0 Å². The molecule has 0 bridgehead atoms. The fraction of sp³-hybridized carbons (Fsp3) is 0.462. The molecule has 0 atom stereocenters. The topological polar surface area (TPSA) is 23.8 Å². The van der Waals surface area contributed by atoms with E-state index < -0.39 is 0 Å². The smallest absolute Gasteiger partial charge is 0.0826 e. The minimum atomic E-state index is -0.120. The Morgan fingerprint density at radius 1 is 1.21 bits per heavy atom. The highest BCUT2D eigenvalue weighted by molar-refractivity contribution is 5.43. The van der Waals surface area contributed by atoms with Crippen LogP contribution in [0, 0.1) is 18.3 Å². The number of hydrogen-bond acceptors (Lipinski definition) is 1. The molecule has 0 aliphatic heterocycles. The summed E-state index contributed by atoms with van der Waals surface area (Å²) < 4.78 is 0. The lowest BCUT2D eigenvalue weighted by Crippen LogP contribution is -2.04. The summed E-state index contributed by atoms with van der Waals surface area (Å²) in [4.78, 5) is 0. The summed E-state index contributed by atoms with van der Waals surface area (Å²) in [6.45, 7) is 6.08. The molecular formula is C13H17N. The van der Waals surface area contributed by atoms with Crippen LogP contribution < -0.4 is 0 Å². The zero-order valence-corrected chi connectivity index (χ0v) is 9.17. The van der Waals surface area contributed by atoms with E-state index in [9.17, 15) is 0 Å². The first-order valence-electron chi connectivity index (χ1n) is 5.26. The summed E-state index contributed by atoms with van der Waals surface area (Å²) in [5, 5.41) is 8.98. The van der Waals surface area contributed by atoms with Gasteiger partial charge in [0.15, 0.2) is 0 Å². The predicted molar refractivity (Wildman–Crippen MR) is 59.1 cm³/mol. The molecule has 2 rings (SSSR count). The number of nitrogens with zero attached hydrogens (tertiary/aromatic N) is 1. The van der Waals surface area contributed by atoms with Crippen LogP contribution in [0.5, 0.6) is 0 Å².